The number of aromatic carboxylic acids is 1. The Hall–Kier alpha value is -3.57. The molecule has 0 atom stereocenters. The number of aromatic nitrogens is 1. The molecule has 0 aliphatic carbocycles. The van der Waals surface area contributed by atoms with E-state index in [4.69, 9.17) is 17.3 Å². The van der Waals surface area contributed by atoms with Crippen molar-refractivity contribution < 1.29 is 14.7 Å². The van der Waals surface area contributed by atoms with Crippen molar-refractivity contribution in [2.45, 2.75) is 6.54 Å². The lowest BCUT2D eigenvalue weighted by molar-refractivity contribution is 0.0691. The molecule has 6 heteroatoms. The Balaban J connectivity index is 1.69. The number of nitrogens with two attached hydrogens (primary N) is 1. The van der Waals surface area contributed by atoms with E-state index in [9.17, 15) is 14.7 Å². The van der Waals surface area contributed by atoms with Crippen LogP contribution in [-0.2, 0) is 6.54 Å². The molecular weight excluding hydrogens is 388 g/mol. The van der Waals surface area contributed by atoms with Crippen LogP contribution in [0.2, 0.25) is 5.02 Å². The number of halogens is 1. The van der Waals surface area contributed by atoms with Crippen LogP contribution in [-0.4, -0.2) is 21.4 Å². The molecule has 3 aromatic carbocycles. The zero-order valence-corrected chi connectivity index (χ0v) is 16.1. The summed E-state index contributed by atoms with van der Waals surface area (Å²) in [6.07, 6.45) is 1.81. The van der Waals surface area contributed by atoms with Gasteiger partial charge >= 0.3 is 5.97 Å². The summed E-state index contributed by atoms with van der Waals surface area (Å²) in [5.74, 6) is -1.63. The van der Waals surface area contributed by atoms with Crippen molar-refractivity contribution in [2.75, 3.05) is 5.73 Å². The minimum absolute atomic E-state index is 0.0235. The number of rotatable bonds is 5. The zero-order chi connectivity index (χ0) is 20.5. The number of carboxylic acids is 1. The molecule has 144 valence electrons. The average molecular weight is 405 g/mol. The number of nitrogen functional groups attached to an aromatic ring is 1. The molecule has 4 rings (SSSR count). The van der Waals surface area contributed by atoms with Crippen molar-refractivity contribution in [3.63, 3.8) is 0 Å². The van der Waals surface area contributed by atoms with Gasteiger partial charge in [-0.1, -0.05) is 48.0 Å². The van der Waals surface area contributed by atoms with Crippen LogP contribution in [0.15, 0.2) is 72.9 Å². The van der Waals surface area contributed by atoms with Crippen molar-refractivity contribution >= 4 is 39.9 Å². The first-order valence-electron chi connectivity index (χ1n) is 8.94. The fourth-order valence-corrected chi connectivity index (χ4v) is 3.72. The topological polar surface area (TPSA) is 85.3 Å². The van der Waals surface area contributed by atoms with E-state index in [1.807, 2.05) is 54.7 Å². The van der Waals surface area contributed by atoms with Gasteiger partial charge in [-0.15, -0.1) is 0 Å². The van der Waals surface area contributed by atoms with E-state index in [-0.39, 0.29) is 34.2 Å². The van der Waals surface area contributed by atoms with E-state index in [0.717, 1.165) is 22.0 Å². The van der Waals surface area contributed by atoms with Crippen LogP contribution in [0.5, 0.6) is 0 Å². The lowest BCUT2D eigenvalue weighted by Crippen LogP contribution is -2.16. The van der Waals surface area contributed by atoms with Gasteiger partial charge < -0.3 is 15.4 Å². The quantitative estimate of drug-likeness (QED) is 0.357. The number of carbonyl (C=O) groups is 2. The molecule has 1 aromatic heterocycles. The molecule has 0 radical (unpaired) electrons. The van der Waals surface area contributed by atoms with Gasteiger partial charge in [0.25, 0.3) is 0 Å². The average Bonchev–Trinajstić information content (AvgIpc) is 3.09. The monoisotopic (exact) mass is 404 g/mol. The van der Waals surface area contributed by atoms with E-state index in [2.05, 4.69) is 6.07 Å². The maximum atomic E-state index is 12.9. The fourth-order valence-electron chi connectivity index (χ4n) is 3.49. The van der Waals surface area contributed by atoms with Crippen LogP contribution in [0.4, 0.5) is 5.69 Å². The van der Waals surface area contributed by atoms with Crippen molar-refractivity contribution in [3.05, 3.63) is 89.1 Å². The predicted molar refractivity (Wildman–Crippen MR) is 115 cm³/mol. The number of Topliss-reactive ketones (excluding diaryl/α,β-unsaturated/α-hetero) is 1. The van der Waals surface area contributed by atoms with Crippen LogP contribution >= 0.6 is 11.6 Å². The molecular formula is C23H17ClN2O3. The maximum Gasteiger partial charge on any atom is 0.336 e. The Morgan fingerprint density at radius 3 is 2.45 bits per heavy atom. The highest BCUT2D eigenvalue weighted by Gasteiger charge is 2.21. The maximum absolute atomic E-state index is 12.9. The van der Waals surface area contributed by atoms with Crippen LogP contribution < -0.4 is 5.73 Å². The molecule has 0 spiro atoms. The Morgan fingerprint density at radius 1 is 0.966 bits per heavy atom. The number of benzene rings is 3. The second kappa shape index (κ2) is 7.45. The summed E-state index contributed by atoms with van der Waals surface area (Å²) in [6, 6.07) is 20.6. The third-order valence-electron chi connectivity index (χ3n) is 4.83. The second-order valence-corrected chi connectivity index (χ2v) is 7.17. The molecule has 0 aliphatic rings. The van der Waals surface area contributed by atoms with Crippen molar-refractivity contribution in [2.24, 2.45) is 0 Å². The van der Waals surface area contributed by atoms with Crippen molar-refractivity contribution in [1.82, 2.24) is 4.57 Å². The minimum atomic E-state index is -1.24. The lowest BCUT2D eigenvalue weighted by atomic mass is 10.0. The molecule has 5 nitrogen and oxygen atoms in total. The molecule has 4 aromatic rings. The Kier molecular flexibility index (Phi) is 4.82. The Bertz CT molecular complexity index is 1250. The normalized spacial score (nSPS) is 10.9. The summed E-state index contributed by atoms with van der Waals surface area (Å²) in [4.78, 5) is 24.4. The van der Waals surface area contributed by atoms with Crippen LogP contribution in [0, 0.1) is 0 Å². The van der Waals surface area contributed by atoms with Gasteiger partial charge in [-0.05, 0) is 41.5 Å². The van der Waals surface area contributed by atoms with Crippen LogP contribution in [0.1, 0.15) is 20.7 Å². The first kappa shape index (κ1) is 18.8. The van der Waals surface area contributed by atoms with E-state index in [1.54, 1.807) is 4.57 Å². The number of carboxylic acid groups (broad SMARTS) is 1. The number of ketones is 1. The smallest absolute Gasteiger partial charge is 0.336 e. The molecule has 0 amide bonds. The van der Waals surface area contributed by atoms with Crippen LogP contribution in [0.25, 0.3) is 22.0 Å². The lowest BCUT2D eigenvalue weighted by Gasteiger charge is -2.11. The third-order valence-corrected chi connectivity index (χ3v) is 5.05. The van der Waals surface area contributed by atoms with E-state index in [1.165, 1.54) is 12.1 Å². The first-order valence-corrected chi connectivity index (χ1v) is 9.31. The summed E-state index contributed by atoms with van der Waals surface area (Å²) < 4.78 is 1.78. The van der Waals surface area contributed by atoms with Crippen LogP contribution in [0.3, 0.4) is 0 Å². The molecule has 0 saturated heterocycles. The predicted octanol–water partition coefficient (Wildman–Crippen LogP) is 5.13. The second-order valence-electron chi connectivity index (χ2n) is 6.73. The SMILES string of the molecule is Nc1cc(Cl)cc(C(=O)O)c1C(=O)Cn1ccc2cc(-c3ccccc3)ccc21. The van der Waals surface area contributed by atoms with Gasteiger partial charge in [0.15, 0.2) is 5.78 Å². The van der Waals surface area contributed by atoms with Gasteiger partial charge in [0.05, 0.1) is 17.7 Å². The number of hydrogen-bond donors (Lipinski definition) is 2. The highest BCUT2D eigenvalue weighted by Crippen LogP contribution is 2.27. The Morgan fingerprint density at radius 2 is 1.72 bits per heavy atom. The summed E-state index contributed by atoms with van der Waals surface area (Å²) in [5.41, 5.74) is 8.82. The molecule has 0 bridgehead atoms. The van der Waals surface area contributed by atoms with Gasteiger partial charge in [-0.2, -0.15) is 0 Å². The molecule has 29 heavy (non-hydrogen) atoms. The van der Waals surface area contributed by atoms with E-state index >= 15 is 0 Å². The molecule has 1 heterocycles. The number of nitrogens with zero attached hydrogens (tertiary/aromatic N) is 1. The standard InChI is InChI=1S/C23H17ClN2O3/c24-17-11-18(23(28)29)22(19(25)12-17)21(27)13-26-9-8-16-10-15(6-7-20(16)26)14-4-2-1-3-5-14/h1-12H,13,25H2,(H,28,29). The number of hydrogen-bond acceptors (Lipinski definition) is 3. The first-order chi connectivity index (χ1) is 13.9. The van der Waals surface area contributed by atoms with Gasteiger partial charge in [0.2, 0.25) is 0 Å². The van der Waals surface area contributed by atoms with Gasteiger partial charge in [-0.3, -0.25) is 4.79 Å². The van der Waals surface area contributed by atoms with Gasteiger partial charge in [0, 0.05) is 27.8 Å². The fraction of sp³-hybridized carbons (Fsp3) is 0.0435. The van der Waals surface area contributed by atoms with Gasteiger partial charge in [0.1, 0.15) is 0 Å². The highest BCUT2D eigenvalue weighted by molar-refractivity contribution is 6.31. The third kappa shape index (κ3) is 3.60. The molecule has 0 saturated carbocycles. The summed E-state index contributed by atoms with van der Waals surface area (Å²) in [6.45, 7) is -0.0275. The van der Waals surface area contributed by atoms with E-state index in [0.29, 0.717) is 0 Å². The highest BCUT2D eigenvalue weighted by atomic mass is 35.5. The van der Waals surface area contributed by atoms with Crippen molar-refractivity contribution in [3.8, 4) is 11.1 Å². The summed E-state index contributed by atoms with van der Waals surface area (Å²) in [7, 11) is 0. The van der Waals surface area contributed by atoms with Gasteiger partial charge in [-0.25, -0.2) is 4.79 Å². The van der Waals surface area contributed by atoms with Crippen molar-refractivity contribution in [1.29, 1.82) is 0 Å². The largest absolute Gasteiger partial charge is 0.478 e. The van der Waals surface area contributed by atoms with E-state index < -0.39 is 5.97 Å². The molecule has 0 fully saturated rings. The number of carbonyl (C=O) groups excluding carboxylic acids is 1. The molecule has 0 unspecified atom stereocenters. The molecule has 0 aliphatic heterocycles. The number of fused-ring (bicyclic) bond motifs is 1. The summed E-state index contributed by atoms with van der Waals surface area (Å²) in [5, 5.41) is 10.6. The number of anilines is 1. The summed E-state index contributed by atoms with van der Waals surface area (Å²) >= 11 is 5.90. The minimum Gasteiger partial charge on any atom is -0.478 e. The molecule has 3 N–H and O–H groups in total. The Labute approximate surface area is 172 Å². The zero-order valence-electron chi connectivity index (χ0n) is 15.3.